The lowest BCUT2D eigenvalue weighted by molar-refractivity contribution is -0.145. The Balaban J connectivity index is 1.05. The van der Waals surface area contributed by atoms with Gasteiger partial charge in [-0.2, -0.15) is 0 Å². The van der Waals surface area contributed by atoms with E-state index in [4.69, 9.17) is 4.74 Å². The Morgan fingerprint density at radius 2 is 1.45 bits per heavy atom. The number of alkyl carbamates (subject to hydrolysis) is 1. The third kappa shape index (κ3) is 5.88. The minimum Gasteiger partial charge on any atom is -0.480 e. The van der Waals surface area contributed by atoms with Gasteiger partial charge in [-0.1, -0.05) is 78.9 Å². The lowest BCUT2D eigenvalue weighted by Crippen LogP contribution is -2.40. The number of benzene rings is 3. The van der Waals surface area contributed by atoms with Crippen LogP contribution in [-0.2, 0) is 20.9 Å². The van der Waals surface area contributed by atoms with Crippen LogP contribution in [0.25, 0.3) is 11.1 Å². The molecule has 0 aromatic heterocycles. The Hall–Kier alpha value is -4.13. The zero-order chi connectivity index (χ0) is 26.5. The van der Waals surface area contributed by atoms with Crippen molar-refractivity contribution in [2.45, 2.75) is 31.7 Å². The molecular formula is C31H32N2O5. The van der Waals surface area contributed by atoms with Gasteiger partial charge in [0.1, 0.15) is 13.2 Å². The number of fused-ring (bicyclic) bond motifs is 3. The fourth-order valence-corrected chi connectivity index (χ4v) is 5.66. The van der Waals surface area contributed by atoms with Crippen LogP contribution in [0.3, 0.4) is 0 Å². The topological polar surface area (TPSA) is 95.9 Å². The molecule has 0 bridgehead atoms. The first-order valence-corrected chi connectivity index (χ1v) is 13.1. The normalized spacial score (nSPS) is 17.6. The Bertz CT molecular complexity index is 1260. The minimum atomic E-state index is -1.02. The molecule has 2 amide bonds. The summed E-state index contributed by atoms with van der Waals surface area (Å²) in [5.41, 5.74) is 5.64. The van der Waals surface area contributed by atoms with Gasteiger partial charge in [0, 0.05) is 25.4 Å². The summed E-state index contributed by atoms with van der Waals surface area (Å²) in [5.74, 6) is -0.659. The molecule has 1 saturated carbocycles. The van der Waals surface area contributed by atoms with Crippen molar-refractivity contribution in [3.05, 3.63) is 95.6 Å². The number of carbonyl (C=O) groups excluding carboxylic acids is 2. The SMILES string of the molecule is O=C(O)CN(Cc1ccccc1)C(=O)CC1CC(CNC(=O)OCC2c3ccccc3-c3ccccc32)C1. The van der Waals surface area contributed by atoms with Crippen molar-refractivity contribution in [2.24, 2.45) is 11.8 Å². The molecule has 2 aliphatic carbocycles. The Labute approximate surface area is 222 Å². The van der Waals surface area contributed by atoms with Crippen molar-refractivity contribution in [3.8, 4) is 11.1 Å². The lowest BCUT2D eigenvalue weighted by atomic mass is 9.73. The number of carbonyl (C=O) groups is 3. The van der Waals surface area contributed by atoms with Crippen molar-refractivity contribution in [1.29, 1.82) is 0 Å². The van der Waals surface area contributed by atoms with Crippen molar-refractivity contribution in [3.63, 3.8) is 0 Å². The van der Waals surface area contributed by atoms with Crippen LogP contribution in [-0.4, -0.2) is 47.7 Å². The third-order valence-electron chi connectivity index (χ3n) is 7.57. The van der Waals surface area contributed by atoms with Crippen LogP contribution in [0.15, 0.2) is 78.9 Å². The molecule has 7 nitrogen and oxygen atoms in total. The van der Waals surface area contributed by atoms with E-state index in [0.29, 0.717) is 13.0 Å². The molecule has 0 aliphatic heterocycles. The number of hydrogen-bond donors (Lipinski definition) is 2. The van der Waals surface area contributed by atoms with Crippen LogP contribution in [0.1, 0.15) is 41.9 Å². The van der Waals surface area contributed by atoms with E-state index in [9.17, 15) is 19.5 Å². The molecule has 3 aromatic carbocycles. The molecule has 0 spiro atoms. The van der Waals surface area contributed by atoms with Crippen LogP contribution < -0.4 is 5.32 Å². The van der Waals surface area contributed by atoms with Gasteiger partial charge in [-0.15, -0.1) is 0 Å². The molecule has 2 N–H and O–H groups in total. The molecular weight excluding hydrogens is 480 g/mol. The molecule has 7 heteroatoms. The average Bonchev–Trinajstić information content (AvgIpc) is 3.22. The van der Waals surface area contributed by atoms with E-state index in [1.54, 1.807) is 0 Å². The Kier molecular flexibility index (Phi) is 7.73. The molecule has 5 rings (SSSR count). The first kappa shape index (κ1) is 25.5. The van der Waals surface area contributed by atoms with Crippen LogP contribution >= 0.6 is 0 Å². The number of aliphatic carboxylic acids is 1. The van der Waals surface area contributed by atoms with Gasteiger partial charge in [0.2, 0.25) is 5.91 Å². The molecule has 2 aliphatic rings. The van der Waals surface area contributed by atoms with Crippen molar-refractivity contribution >= 4 is 18.0 Å². The van der Waals surface area contributed by atoms with Crippen LogP contribution in [0, 0.1) is 11.8 Å². The van der Waals surface area contributed by atoms with E-state index in [0.717, 1.165) is 18.4 Å². The number of carboxylic acid groups (broad SMARTS) is 1. The molecule has 3 aromatic rings. The second-order valence-corrected chi connectivity index (χ2v) is 10.2. The van der Waals surface area contributed by atoms with Gasteiger partial charge in [-0.3, -0.25) is 9.59 Å². The van der Waals surface area contributed by atoms with Gasteiger partial charge < -0.3 is 20.1 Å². The zero-order valence-corrected chi connectivity index (χ0v) is 21.2. The highest BCUT2D eigenvalue weighted by Crippen LogP contribution is 2.44. The zero-order valence-electron chi connectivity index (χ0n) is 21.2. The second kappa shape index (κ2) is 11.5. The van der Waals surface area contributed by atoms with E-state index in [1.807, 2.05) is 54.6 Å². The number of amides is 2. The van der Waals surface area contributed by atoms with Gasteiger partial charge in [0.15, 0.2) is 0 Å². The monoisotopic (exact) mass is 512 g/mol. The lowest BCUT2D eigenvalue weighted by Gasteiger charge is -2.36. The fraction of sp³-hybridized carbons (Fsp3) is 0.323. The highest BCUT2D eigenvalue weighted by molar-refractivity contribution is 5.81. The van der Waals surface area contributed by atoms with Gasteiger partial charge >= 0.3 is 12.1 Å². The maximum Gasteiger partial charge on any atom is 0.407 e. The number of carboxylic acids is 1. The van der Waals surface area contributed by atoms with E-state index < -0.39 is 12.1 Å². The maximum absolute atomic E-state index is 12.8. The first-order chi connectivity index (χ1) is 18.5. The summed E-state index contributed by atoms with van der Waals surface area (Å²) in [5, 5.41) is 12.1. The predicted molar refractivity (Wildman–Crippen MR) is 143 cm³/mol. The first-order valence-electron chi connectivity index (χ1n) is 13.1. The van der Waals surface area contributed by atoms with E-state index in [2.05, 4.69) is 29.6 Å². The number of nitrogens with one attached hydrogen (secondary N) is 1. The summed E-state index contributed by atoms with van der Waals surface area (Å²) < 4.78 is 5.61. The number of nitrogens with zero attached hydrogens (tertiary/aromatic N) is 1. The van der Waals surface area contributed by atoms with Crippen LogP contribution in [0.5, 0.6) is 0 Å². The Morgan fingerprint density at radius 1 is 0.842 bits per heavy atom. The smallest absolute Gasteiger partial charge is 0.407 e. The Morgan fingerprint density at radius 3 is 2.08 bits per heavy atom. The predicted octanol–water partition coefficient (Wildman–Crippen LogP) is 5.05. The average molecular weight is 513 g/mol. The minimum absolute atomic E-state index is 0.0249. The summed E-state index contributed by atoms with van der Waals surface area (Å²) in [6.45, 7) is 0.755. The highest BCUT2D eigenvalue weighted by atomic mass is 16.5. The van der Waals surface area contributed by atoms with E-state index in [-0.39, 0.29) is 43.4 Å². The highest BCUT2D eigenvalue weighted by Gasteiger charge is 2.33. The summed E-state index contributed by atoms with van der Waals surface area (Å²) >= 11 is 0. The molecule has 1 fully saturated rings. The molecule has 0 unspecified atom stereocenters. The second-order valence-electron chi connectivity index (χ2n) is 10.2. The van der Waals surface area contributed by atoms with Crippen molar-refractivity contribution in [2.75, 3.05) is 19.7 Å². The maximum atomic E-state index is 12.8. The standard InChI is InChI=1S/C31H32N2O5/c34-29(33(19-30(35)36)18-21-8-2-1-3-9-21)16-22-14-23(15-22)17-32-31(37)38-20-28-26-12-6-4-10-24(26)25-11-5-7-13-27(25)28/h1-13,22-23,28H,14-20H2,(H,32,37)(H,35,36). The number of hydrogen-bond acceptors (Lipinski definition) is 4. The summed E-state index contributed by atoms with van der Waals surface area (Å²) in [4.78, 5) is 38.0. The summed E-state index contributed by atoms with van der Waals surface area (Å²) in [6.07, 6.45) is 1.53. The van der Waals surface area contributed by atoms with E-state index >= 15 is 0 Å². The van der Waals surface area contributed by atoms with Crippen LogP contribution in [0.2, 0.25) is 0 Å². The summed E-state index contributed by atoms with van der Waals surface area (Å²) in [7, 11) is 0. The molecule has 0 radical (unpaired) electrons. The van der Waals surface area contributed by atoms with Gasteiger partial charge in [0.05, 0.1) is 0 Å². The number of rotatable bonds is 10. The molecule has 0 saturated heterocycles. The van der Waals surface area contributed by atoms with Gasteiger partial charge in [-0.25, -0.2) is 4.79 Å². The number of ether oxygens (including phenoxy) is 1. The molecule has 196 valence electrons. The molecule has 0 atom stereocenters. The van der Waals surface area contributed by atoms with E-state index in [1.165, 1.54) is 27.2 Å². The molecule has 0 heterocycles. The molecule has 38 heavy (non-hydrogen) atoms. The fourth-order valence-electron chi connectivity index (χ4n) is 5.66. The largest absolute Gasteiger partial charge is 0.480 e. The summed E-state index contributed by atoms with van der Waals surface area (Å²) in [6, 6.07) is 25.9. The van der Waals surface area contributed by atoms with Crippen molar-refractivity contribution in [1.82, 2.24) is 10.2 Å². The van der Waals surface area contributed by atoms with Crippen molar-refractivity contribution < 1.29 is 24.2 Å². The quantitative estimate of drug-likeness (QED) is 0.396. The van der Waals surface area contributed by atoms with Gasteiger partial charge in [0.25, 0.3) is 0 Å². The third-order valence-corrected chi connectivity index (χ3v) is 7.57. The van der Waals surface area contributed by atoms with Crippen LogP contribution in [0.4, 0.5) is 4.79 Å². The van der Waals surface area contributed by atoms with Gasteiger partial charge in [-0.05, 0) is 52.5 Å².